The maximum Gasteiger partial charge on any atom is 0.246 e. The summed E-state index contributed by atoms with van der Waals surface area (Å²) >= 11 is 1.62. The molecular formula is C11H15N3O2S. The third-order valence-corrected chi connectivity index (χ3v) is 3.96. The van der Waals surface area contributed by atoms with Gasteiger partial charge in [-0.15, -0.1) is 11.3 Å². The number of imide groups is 1. The Kier molecular flexibility index (Phi) is 3.54. The quantitative estimate of drug-likeness (QED) is 0.786. The van der Waals surface area contributed by atoms with Crippen LogP contribution in [0.15, 0.2) is 5.51 Å². The fraction of sp³-hybridized carbons (Fsp3) is 0.545. The first-order chi connectivity index (χ1) is 8.09. The Balaban J connectivity index is 1.82. The van der Waals surface area contributed by atoms with Gasteiger partial charge in [0.15, 0.2) is 0 Å². The molecule has 5 nitrogen and oxygen atoms in total. The van der Waals surface area contributed by atoms with Gasteiger partial charge in [0.05, 0.1) is 23.7 Å². The molecule has 2 heterocycles. The number of thiazole rings is 1. The fourth-order valence-corrected chi connectivity index (χ4v) is 2.62. The van der Waals surface area contributed by atoms with Gasteiger partial charge in [-0.05, 0) is 13.3 Å². The van der Waals surface area contributed by atoms with Gasteiger partial charge in [0.2, 0.25) is 11.8 Å². The fourth-order valence-electron chi connectivity index (χ4n) is 1.84. The molecule has 1 saturated heterocycles. The Morgan fingerprint density at radius 3 is 2.88 bits per heavy atom. The zero-order chi connectivity index (χ0) is 12.4. The highest BCUT2D eigenvalue weighted by Crippen LogP contribution is 2.13. The summed E-state index contributed by atoms with van der Waals surface area (Å²) in [7, 11) is 1.53. The SMILES string of the molecule is Cc1ncsc1CCNC1CC(=O)N(C)C1=O. The van der Waals surface area contributed by atoms with E-state index >= 15 is 0 Å². The first kappa shape index (κ1) is 12.2. The average molecular weight is 253 g/mol. The minimum Gasteiger partial charge on any atom is -0.305 e. The van der Waals surface area contributed by atoms with E-state index in [0.717, 1.165) is 12.1 Å². The van der Waals surface area contributed by atoms with Gasteiger partial charge < -0.3 is 5.32 Å². The topological polar surface area (TPSA) is 62.3 Å². The Hall–Kier alpha value is -1.27. The number of aryl methyl sites for hydroxylation is 1. The van der Waals surface area contributed by atoms with E-state index in [1.165, 1.54) is 16.8 Å². The van der Waals surface area contributed by atoms with Gasteiger partial charge in [0.1, 0.15) is 0 Å². The highest BCUT2D eigenvalue weighted by molar-refractivity contribution is 7.09. The molecule has 0 bridgehead atoms. The van der Waals surface area contributed by atoms with Crippen LogP contribution in [0.25, 0.3) is 0 Å². The molecule has 0 saturated carbocycles. The van der Waals surface area contributed by atoms with Crippen LogP contribution >= 0.6 is 11.3 Å². The second-order valence-corrected chi connectivity index (χ2v) is 5.05. The van der Waals surface area contributed by atoms with E-state index in [4.69, 9.17) is 0 Å². The van der Waals surface area contributed by atoms with Gasteiger partial charge in [-0.1, -0.05) is 0 Å². The number of nitrogens with one attached hydrogen (secondary N) is 1. The highest BCUT2D eigenvalue weighted by Gasteiger charge is 2.35. The molecule has 1 N–H and O–H groups in total. The van der Waals surface area contributed by atoms with Crippen molar-refractivity contribution in [2.45, 2.75) is 25.8 Å². The van der Waals surface area contributed by atoms with Crippen molar-refractivity contribution >= 4 is 23.2 Å². The lowest BCUT2D eigenvalue weighted by molar-refractivity contribution is -0.137. The van der Waals surface area contributed by atoms with E-state index in [0.29, 0.717) is 6.54 Å². The van der Waals surface area contributed by atoms with Gasteiger partial charge in [-0.3, -0.25) is 14.5 Å². The summed E-state index contributed by atoms with van der Waals surface area (Å²) in [5.41, 5.74) is 2.87. The van der Waals surface area contributed by atoms with Crippen molar-refractivity contribution in [2.24, 2.45) is 0 Å². The number of likely N-dealkylation sites (tertiary alicyclic amines) is 1. The maximum absolute atomic E-state index is 11.6. The summed E-state index contributed by atoms with van der Waals surface area (Å²) < 4.78 is 0. The molecule has 6 heteroatoms. The lowest BCUT2D eigenvalue weighted by atomic mass is 10.2. The number of hydrogen-bond acceptors (Lipinski definition) is 5. The third kappa shape index (κ3) is 2.53. The van der Waals surface area contributed by atoms with Crippen molar-refractivity contribution in [3.05, 3.63) is 16.1 Å². The third-order valence-electron chi connectivity index (χ3n) is 2.97. The molecule has 1 aromatic heterocycles. The average Bonchev–Trinajstić information content (AvgIpc) is 2.80. The van der Waals surface area contributed by atoms with E-state index in [2.05, 4.69) is 10.3 Å². The smallest absolute Gasteiger partial charge is 0.246 e. The number of hydrogen-bond donors (Lipinski definition) is 1. The molecule has 1 unspecified atom stereocenters. The van der Waals surface area contributed by atoms with Gasteiger partial charge in [-0.2, -0.15) is 0 Å². The van der Waals surface area contributed by atoms with E-state index in [1.807, 2.05) is 12.4 Å². The zero-order valence-electron chi connectivity index (χ0n) is 9.90. The molecular weight excluding hydrogens is 238 g/mol. The van der Waals surface area contributed by atoms with Crippen LogP contribution in [0, 0.1) is 6.92 Å². The summed E-state index contributed by atoms with van der Waals surface area (Å²) in [6.07, 6.45) is 1.12. The van der Waals surface area contributed by atoms with Gasteiger partial charge in [-0.25, -0.2) is 4.98 Å². The number of carbonyl (C=O) groups excluding carboxylic acids is 2. The van der Waals surface area contributed by atoms with Crippen LogP contribution < -0.4 is 5.32 Å². The van der Waals surface area contributed by atoms with E-state index in [1.54, 1.807) is 11.3 Å². The maximum atomic E-state index is 11.6. The number of carbonyl (C=O) groups is 2. The Morgan fingerprint density at radius 2 is 2.35 bits per heavy atom. The predicted molar refractivity (Wildman–Crippen MR) is 64.7 cm³/mol. The molecule has 2 amide bonds. The van der Waals surface area contributed by atoms with Gasteiger partial charge >= 0.3 is 0 Å². The zero-order valence-corrected chi connectivity index (χ0v) is 10.7. The van der Waals surface area contributed by atoms with E-state index in [-0.39, 0.29) is 24.3 Å². The first-order valence-corrected chi connectivity index (χ1v) is 6.40. The van der Waals surface area contributed by atoms with Crippen LogP contribution in [0.4, 0.5) is 0 Å². The van der Waals surface area contributed by atoms with Crippen LogP contribution in [0.2, 0.25) is 0 Å². The minimum absolute atomic E-state index is 0.110. The summed E-state index contributed by atoms with van der Waals surface area (Å²) in [5, 5.41) is 3.12. The molecule has 1 atom stereocenters. The second kappa shape index (κ2) is 4.93. The summed E-state index contributed by atoms with van der Waals surface area (Å²) in [5.74, 6) is -0.238. The molecule has 2 rings (SSSR count). The molecule has 1 aromatic rings. The normalized spacial score (nSPS) is 20.4. The monoisotopic (exact) mass is 253 g/mol. The standard InChI is InChI=1S/C11H15N3O2S/c1-7-9(17-6-13-7)3-4-12-8-5-10(15)14(2)11(8)16/h6,8,12H,3-5H2,1-2H3. The first-order valence-electron chi connectivity index (χ1n) is 5.52. The Labute approximate surface area is 104 Å². The summed E-state index contributed by atoms with van der Waals surface area (Å²) in [6.45, 7) is 2.67. The van der Waals surface area contributed by atoms with Crippen molar-refractivity contribution in [1.29, 1.82) is 0 Å². The van der Waals surface area contributed by atoms with Crippen molar-refractivity contribution in [3.63, 3.8) is 0 Å². The lowest BCUT2D eigenvalue weighted by Crippen LogP contribution is -2.38. The van der Waals surface area contributed by atoms with Crippen molar-refractivity contribution < 1.29 is 9.59 Å². The van der Waals surface area contributed by atoms with Crippen LogP contribution in [-0.2, 0) is 16.0 Å². The van der Waals surface area contributed by atoms with Crippen LogP contribution in [0.1, 0.15) is 17.0 Å². The summed E-state index contributed by atoms with van der Waals surface area (Å²) in [6, 6.07) is -0.347. The minimum atomic E-state index is -0.347. The molecule has 0 aromatic carbocycles. The van der Waals surface area contributed by atoms with Crippen LogP contribution in [0.3, 0.4) is 0 Å². The Morgan fingerprint density at radius 1 is 1.59 bits per heavy atom. The van der Waals surface area contributed by atoms with Crippen LogP contribution in [-0.4, -0.2) is 41.3 Å². The second-order valence-electron chi connectivity index (χ2n) is 4.11. The molecule has 0 radical (unpaired) electrons. The molecule has 0 spiro atoms. The number of aromatic nitrogens is 1. The van der Waals surface area contributed by atoms with Crippen LogP contribution in [0.5, 0.6) is 0 Å². The van der Waals surface area contributed by atoms with E-state index in [9.17, 15) is 9.59 Å². The summed E-state index contributed by atoms with van der Waals surface area (Å²) in [4.78, 5) is 29.5. The molecule has 92 valence electrons. The molecule has 1 aliphatic rings. The highest BCUT2D eigenvalue weighted by atomic mass is 32.1. The molecule has 1 fully saturated rings. The molecule has 0 aliphatic carbocycles. The number of rotatable bonds is 4. The molecule has 1 aliphatic heterocycles. The number of amides is 2. The largest absolute Gasteiger partial charge is 0.305 e. The van der Waals surface area contributed by atoms with Crippen molar-refractivity contribution in [1.82, 2.24) is 15.2 Å². The molecule has 17 heavy (non-hydrogen) atoms. The lowest BCUT2D eigenvalue weighted by Gasteiger charge is -2.10. The predicted octanol–water partition coefficient (Wildman–Crippen LogP) is 0.341. The Bertz CT molecular complexity index is 444. The van der Waals surface area contributed by atoms with E-state index < -0.39 is 0 Å². The number of nitrogens with zero attached hydrogens (tertiary/aromatic N) is 2. The van der Waals surface area contributed by atoms with Gasteiger partial charge in [0, 0.05) is 18.5 Å². The van der Waals surface area contributed by atoms with Gasteiger partial charge in [0.25, 0.3) is 0 Å². The van der Waals surface area contributed by atoms with Crippen molar-refractivity contribution in [2.75, 3.05) is 13.6 Å². The number of likely N-dealkylation sites (N-methyl/N-ethyl adjacent to an activating group) is 1. The van der Waals surface area contributed by atoms with Crippen molar-refractivity contribution in [3.8, 4) is 0 Å².